The maximum atomic E-state index is 4.93. The van der Waals surface area contributed by atoms with Gasteiger partial charge in [-0.2, -0.15) is 0 Å². The van der Waals surface area contributed by atoms with Gasteiger partial charge >= 0.3 is 0 Å². The zero-order valence-electron chi connectivity index (χ0n) is 25.4. The highest BCUT2D eigenvalue weighted by Gasteiger charge is 2.16. The van der Waals surface area contributed by atoms with Crippen LogP contribution < -0.4 is 0 Å². The van der Waals surface area contributed by atoms with E-state index in [2.05, 4.69) is 141 Å². The van der Waals surface area contributed by atoms with Gasteiger partial charge in [0.2, 0.25) is 0 Å². The normalized spacial score (nSPS) is 11.7. The Morgan fingerprint density at radius 2 is 1.26 bits per heavy atom. The second-order valence-electron chi connectivity index (χ2n) is 12.0. The molecule has 2 aromatic heterocycles. The van der Waals surface area contributed by atoms with Crippen LogP contribution in [-0.2, 0) is 0 Å². The molecule has 0 radical (unpaired) electrons. The maximum Gasteiger partial charge on any atom is 0.124 e. The van der Waals surface area contributed by atoms with Crippen LogP contribution in [0.3, 0.4) is 0 Å². The fourth-order valence-corrected chi connectivity index (χ4v) is 8.62. The van der Waals surface area contributed by atoms with Gasteiger partial charge in [-0.1, -0.05) is 97.1 Å². The predicted molar refractivity (Wildman–Crippen MR) is 199 cm³/mol. The number of benzene rings is 7. The van der Waals surface area contributed by atoms with Crippen LogP contribution in [0.15, 0.2) is 133 Å². The third kappa shape index (κ3) is 4.53. The number of thiazole rings is 2. The van der Waals surface area contributed by atoms with Crippen LogP contribution in [-0.4, -0.2) is 9.97 Å². The predicted octanol–water partition coefficient (Wildman–Crippen LogP) is 12.5. The van der Waals surface area contributed by atoms with E-state index >= 15 is 0 Å². The van der Waals surface area contributed by atoms with Crippen molar-refractivity contribution in [3.8, 4) is 44.0 Å². The third-order valence-electron chi connectivity index (χ3n) is 8.94. The topological polar surface area (TPSA) is 25.8 Å². The van der Waals surface area contributed by atoms with E-state index in [1.54, 1.807) is 22.7 Å². The van der Waals surface area contributed by atoms with Gasteiger partial charge in [0, 0.05) is 11.1 Å². The first-order chi connectivity index (χ1) is 22.6. The van der Waals surface area contributed by atoms with E-state index in [0.29, 0.717) is 0 Å². The molecule has 0 amide bonds. The van der Waals surface area contributed by atoms with Gasteiger partial charge in [-0.15, -0.1) is 22.7 Å². The molecule has 0 N–H and O–H groups in total. The fourth-order valence-electron chi connectivity index (χ4n) is 6.75. The average Bonchev–Trinajstić information content (AvgIpc) is 3.74. The summed E-state index contributed by atoms with van der Waals surface area (Å²) < 4.78 is 2.46. The van der Waals surface area contributed by atoms with Crippen LogP contribution in [0.25, 0.3) is 85.9 Å². The van der Waals surface area contributed by atoms with Crippen molar-refractivity contribution in [2.75, 3.05) is 0 Å². The summed E-state index contributed by atoms with van der Waals surface area (Å²) in [6.07, 6.45) is 0. The number of fused-ring (bicyclic) bond motifs is 4. The SMILES string of the molecule is Cc1ccc2nc(-c3ccc(-c4cccc5cc6ccccc6c(-c6ccc(-c7cc(C)cc8scnc78)cc6)c45)cc3)sc2c1. The molecule has 0 aliphatic carbocycles. The summed E-state index contributed by atoms with van der Waals surface area (Å²) in [5.74, 6) is 0. The molecule has 0 bridgehead atoms. The highest BCUT2D eigenvalue weighted by molar-refractivity contribution is 7.21. The van der Waals surface area contributed by atoms with Crippen molar-refractivity contribution in [2.24, 2.45) is 0 Å². The van der Waals surface area contributed by atoms with Crippen LogP contribution in [0.1, 0.15) is 11.1 Å². The van der Waals surface area contributed by atoms with Crippen LogP contribution in [0, 0.1) is 13.8 Å². The molecule has 0 saturated carbocycles. The number of hydrogen-bond donors (Lipinski definition) is 0. The lowest BCUT2D eigenvalue weighted by molar-refractivity contribution is 1.45. The Labute approximate surface area is 275 Å². The second-order valence-corrected chi connectivity index (χ2v) is 13.9. The van der Waals surface area contributed by atoms with Gasteiger partial charge in [0.05, 0.1) is 25.9 Å². The average molecular weight is 625 g/mol. The molecule has 0 aliphatic heterocycles. The van der Waals surface area contributed by atoms with Gasteiger partial charge in [0.25, 0.3) is 0 Å². The molecule has 0 atom stereocenters. The molecular weight excluding hydrogens is 597 g/mol. The molecule has 4 heteroatoms. The van der Waals surface area contributed by atoms with Crippen molar-refractivity contribution < 1.29 is 0 Å². The Morgan fingerprint density at radius 3 is 2.11 bits per heavy atom. The van der Waals surface area contributed by atoms with Gasteiger partial charge < -0.3 is 0 Å². The molecule has 7 aromatic carbocycles. The zero-order valence-corrected chi connectivity index (χ0v) is 27.0. The Hall–Kier alpha value is -5.16. The van der Waals surface area contributed by atoms with E-state index in [4.69, 9.17) is 9.97 Å². The number of aryl methyl sites for hydroxylation is 2. The van der Waals surface area contributed by atoms with Crippen LogP contribution in [0.2, 0.25) is 0 Å². The quantitative estimate of drug-likeness (QED) is 0.182. The fraction of sp³-hybridized carbons (Fsp3) is 0.0476. The number of nitrogens with zero attached hydrogens (tertiary/aromatic N) is 2. The molecule has 0 saturated heterocycles. The molecule has 0 aliphatic rings. The Balaban J connectivity index is 1.20. The highest BCUT2D eigenvalue weighted by atomic mass is 32.1. The van der Waals surface area contributed by atoms with Gasteiger partial charge in [-0.05, 0) is 105 Å². The van der Waals surface area contributed by atoms with Gasteiger partial charge in [-0.3, -0.25) is 0 Å². The van der Waals surface area contributed by atoms with Crippen LogP contribution >= 0.6 is 22.7 Å². The zero-order chi connectivity index (χ0) is 30.8. The molecule has 0 unspecified atom stereocenters. The summed E-state index contributed by atoms with van der Waals surface area (Å²) in [4.78, 5) is 9.63. The maximum absolute atomic E-state index is 4.93. The first-order valence-corrected chi connectivity index (χ1v) is 17.2. The van der Waals surface area contributed by atoms with E-state index in [1.165, 1.54) is 75.5 Å². The van der Waals surface area contributed by atoms with Crippen molar-refractivity contribution in [3.05, 3.63) is 144 Å². The summed E-state index contributed by atoms with van der Waals surface area (Å²) in [5, 5.41) is 6.07. The monoisotopic (exact) mass is 624 g/mol. The molecule has 0 fully saturated rings. The lowest BCUT2D eigenvalue weighted by Crippen LogP contribution is -1.90. The second kappa shape index (κ2) is 10.7. The highest BCUT2D eigenvalue weighted by Crippen LogP contribution is 2.43. The summed E-state index contributed by atoms with van der Waals surface area (Å²) in [5.41, 5.74) is 15.0. The molecular formula is C42H28N2S2. The largest absolute Gasteiger partial charge is 0.244 e. The Bertz CT molecular complexity index is 2590. The van der Waals surface area contributed by atoms with Gasteiger partial charge in [0.1, 0.15) is 5.01 Å². The lowest BCUT2D eigenvalue weighted by Gasteiger charge is -2.17. The minimum absolute atomic E-state index is 1.06. The summed E-state index contributed by atoms with van der Waals surface area (Å²) >= 11 is 3.46. The summed E-state index contributed by atoms with van der Waals surface area (Å²) in [7, 11) is 0. The van der Waals surface area contributed by atoms with Gasteiger partial charge in [-0.25, -0.2) is 9.97 Å². The van der Waals surface area contributed by atoms with Crippen molar-refractivity contribution in [1.82, 2.24) is 9.97 Å². The first kappa shape index (κ1) is 27.2. The minimum Gasteiger partial charge on any atom is -0.244 e. The van der Waals surface area contributed by atoms with Crippen molar-refractivity contribution in [3.63, 3.8) is 0 Å². The molecule has 2 nitrogen and oxygen atoms in total. The van der Waals surface area contributed by atoms with E-state index in [-0.39, 0.29) is 0 Å². The molecule has 9 aromatic rings. The minimum atomic E-state index is 1.06. The van der Waals surface area contributed by atoms with Crippen LogP contribution in [0.4, 0.5) is 0 Å². The first-order valence-electron chi connectivity index (χ1n) is 15.5. The third-order valence-corrected chi connectivity index (χ3v) is 10.8. The van der Waals surface area contributed by atoms with Crippen molar-refractivity contribution in [1.29, 1.82) is 0 Å². The van der Waals surface area contributed by atoms with Crippen molar-refractivity contribution >= 4 is 64.7 Å². The standard InChI is InChI=1S/C42H28N2S2/c1-25-10-19-36-37(21-25)46-42(44-36)30-17-13-27(14-18-30)33-9-5-7-32-23-31-6-3-4-8-34(31)39(40(32)33)29-15-11-28(12-16-29)35-20-26(2)22-38-41(35)43-24-45-38/h3-24H,1-2H3. The lowest BCUT2D eigenvalue weighted by atomic mass is 9.87. The summed E-state index contributed by atoms with van der Waals surface area (Å²) in [6, 6.07) is 46.7. The number of aromatic nitrogens is 2. The molecule has 9 rings (SSSR count). The number of rotatable bonds is 4. The van der Waals surface area contributed by atoms with Crippen LogP contribution in [0.5, 0.6) is 0 Å². The van der Waals surface area contributed by atoms with E-state index in [9.17, 15) is 0 Å². The van der Waals surface area contributed by atoms with Gasteiger partial charge in [0.15, 0.2) is 0 Å². The van der Waals surface area contributed by atoms with E-state index < -0.39 is 0 Å². The molecule has 0 spiro atoms. The Kier molecular flexibility index (Phi) is 6.34. The summed E-state index contributed by atoms with van der Waals surface area (Å²) in [6.45, 7) is 4.29. The van der Waals surface area contributed by atoms with E-state index in [1.807, 2.05) is 5.51 Å². The van der Waals surface area contributed by atoms with Crippen molar-refractivity contribution in [2.45, 2.75) is 13.8 Å². The molecule has 218 valence electrons. The van der Waals surface area contributed by atoms with E-state index in [0.717, 1.165) is 21.6 Å². The Morgan fingerprint density at radius 1 is 0.543 bits per heavy atom. The molecule has 2 heterocycles. The smallest absolute Gasteiger partial charge is 0.124 e. The molecule has 46 heavy (non-hydrogen) atoms. The number of hydrogen-bond acceptors (Lipinski definition) is 4.